The molecule has 0 aromatic heterocycles. The van der Waals surface area contributed by atoms with Crippen molar-refractivity contribution in [3.8, 4) is 11.1 Å². The van der Waals surface area contributed by atoms with E-state index in [0.717, 1.165) is 33.3 Å². The van der Waals surface area contributed by atoms with Crippen LogP contribution in [0.4, 0.5) is 0 Å². The second-order valence-electron chi connectivity index (χ2n) is 4.50. The molecule has 1 N–H and O–H groups in total. The van der Waals surface area contributed by atoms with Crippen molar-refractivity contribution in [2.75, 3.05) is 6.54 Å². The molecule has 0 fully saturated rings. The predicted molar refractivity (Wildman–Crippen MR) is 84.0 cm³/mol. The molecule has 19 heavy (non-hydrogen) atoms. The summed E-state index contributed by atoms with van der Waals surface area (Å²) in [6.07, 6.45) is 0. The first-order chi connectivity index (χ1) is 9.13. The lowest BCUT2D eigenvalue weighted by molar-refractivity contribution is 0.598. The maximum atomic E-state index is 6.38. The second-order valence-corrected chi connectivity index (χ2v) is 5.31. The Morgan fingerprint density at radius 2 is 1.79 bits per heavy atom. The molecule has 0 radical (unpaired) electrons. The molecule has 2 aromatic rings. The highest BCUT2D eigenvalue weighted by Crippen LogP contribution is 2.32. The Bertz CT molecular complexity index is 566. The first-order valence-electron chi connectivity index (χ1n) is 6.41. The zero-order valence-corrected chi connectivity index (χ0v) is 12.6. The molecule has 1 unspecified atom stereocenters. The molecule has 3 heteroatoms. The van der Waals surface area contributed by atoms with Crippen LogP contribution in [0.3, 0.4) is 0 Å². The topological polar surface area (TPSA) is 12.0 Å². The summed E-state index contributed by atoms with van der Waals surface area (Å²) in [5.74, 6) is 0. The summed E-state index contributed by atoms with van der Waals surface area (Å²) in [7, 11) is 0. The molecule has 0 saturated carbocycles. The van der Waals surface area contributed by atoms with E-state index in [2.05, 4.69) is 31.3 Å². The molecule has 2 rings (SSSR count). The third kappa shape index (κ3) is 3.30. The van der Waals surface area contributed by atoms with Crippen LogP contribution in [0.25, 0.3) is 11.1 Å². The van der Waals surface area contributed by atoms with Crippen molar-refractivity contribution in [3.05, 3.63) is 58.1 Å². The van der Waals surface area contributed by atoms with Gasteiger partial charge in [-0.2, -0.15) is 0 Å². The van der Waals surface area contributed by atoms with Gasteiger partial charge in [0.1, 0.15) is 0 Å². The first kappa shape index (κ1) is 14.4. The van der Waals surface area contributed by atoms with Crippen molar-refractivity contribution in [3.63, 3.8) is 0 Å². The average molecular weight is 294 g/mol. The van der Waals surface area contributed by atoms with Crippen molar-refractivity contribution in [2.24, 2.45) is 0 Å². The number of hydrogen-bond acceptors (Lipinski definition) is 1. The molecule has 1 nitrogen and oxygen atoms in total. The zero-order valence-electron chi connectivity index (χ0n) is 11.1. The molecule has 0 amide bonds. The lowest BCUT2D eigenvalue weighted by Gasteiger charge is -2.15. The van der Waals surface area contributed by atoms with Gasteiger partial charge in [-0.1, -0.05) is 60.5 Å². The molecule has 100 valence electrons. The Labute approximate surface area is 124 Å². The average Bonchev–Trinajstić information content (AvgIpc) is 2.39. The van der Waals surface area contributed by atoms with Crippen LogP contribution in [0.1, 0.15) is 25.5 Å². The van der Waals surface area contributed by atoms with Crippen LogP contribution in [0, 0.1) is 0 Å². The van der Waals surface area contributed by atoms with Crippen molar-refractivity contribution in [1.29, 1.82) is 0 Å². The Morgan fingerprint density at radius 3 is 2.42 bits per heavy atom. The number of benzene rings is 2. The monoisotopic (exact) mass is 293 g/mol. The van der Waals surface area contributed by atoms with E-state index in [1.165, 1.54) is 0 Å². The summed E-state index contributed by atoms with van der Waals surface area (Å²) in [5, 5.41) is 4.87. The second kappa shape index (κ2) is 6.42. The fourth-order valence-corrected chi connectivity index (χ4v) is 2.75. The predicted octanol–water partition coefficient (Wildman–Crippen LogP) is 5.33. The molecule has 0 aliphatic carbocycles. The van der Waals surface area contributed by atoms with Gasteiger partial charge in [0.15, 0.2) is 0 Å². The number of hydrogen-bond donors (Lipinski definition) is 1. The Morgan fingerprint density at radius 1 is 1.05 bits per heavy atom. The maximum Gasteiger partial charge on any atom is 0.0484 e. The van der Waals surface area contributed by atoms with E-state index in [-0.39, 0.29) is 6.04 Å². The Kier molecular flexibility index (Phi) is 4.87. The van der Waals surface area contributed by atoms with Gasteiger partial charge in [0.25, 0.3) is 0 Å². The highest BCUT2D eigenvalue weighted by Gasteiger charge is 2.10. The Balaban J connectivity index is 2.37. The molecular weight excluding hydrogens is 277 g/mol. The van der Waals surface area contributed by atoms with E-state index >= 15 is 0 Å². The smallest absolute Gasteiger partial charge is 0.0484 e. The number of nitrogens with one attached hydrogen (secondary N) is 1. The van der Waals surface area contributed by atoms with Crippen LogP contribution in [-0.4, -0.2) is 6.54 Å². The molecule has 0 heterocycles. The largest absolute Gasteiger partial charge is 0.310 e. The van der Waals surface area contributed by atoms with Crippen molar-refractivity contribution in [2.45, 2.75) is 19.9 Å². The molecular formula is C16H17Cl2N. The molecule has 0 aliphatic rings. The zero-order chi connectivity index (χ0) is 13.8. The van der Waals surface area contributed by atoms with E-state index in [9.17, 15) is 0 Å². The van der Waals surface area contributed by atoms with Crippen LogP contribution < -0.4 is 5.32 Å². The normalized spacial score (nSPS) is 12.4. The van der Waals surface area contributed by atoms with Crippen LogP contribution in [0.5, 0.6) is 0 Å². The Hall–Kier alpha value is -1.02. The fraction of sp³-hybridized carbons (Fsp3) is 0.250. The molecule has 0 saturated heterocycles. The van der Waals surface area contributed by atoms with Gasteiger partial charge >= 0.3 is 0 Å². The van der Waals surface area contributed by atoms with Crippen LogP contribution >= 0.6 is 23.2 Å². The quantitative estimate of drug-likeness (QED) is 0.803. The highest BCUT2D eigenvalue weighted by atomic mass is 35.5. The minimum Gasteiger partial charge on any atom is -0.310 e. The van der Waals surface area contributed by atoms with Gasteiger partial charge in [-0.3, -0.25) is 0 Å². The van der Waals surface area contributed by atoms with Gasteiger partial charge in [0.2, 0.25) is 0 Å². The highest BCUT2D eigenvalue weighted by molar-refractivity contribution is 6.34. The minimum absolute atomic E-state index is 0.248. The summed E-state index contributed by atoms with van der Waals surface area (Å²) in [4.78, 5) is 0. The summed E-state index contributed by atoms with van der Waals surface area (Å²) in [6.45, 7) is 5.12. The van der Waals surface area contributed by atoms with Crippen molar-refractivity contribution < 1.29 is 0 Å². The molecule has 1 atom stereocenters. The van der Waals surface area contributed by atoms with Gasteiger partial charge in [0.05, 0.1) is 0 Å². The fourth-order valence-electron chi connectivity index (χ4n) is 2.16. The third-order valence-electron chi connectivity index (χ3n) is 3.16. The van der Waals surface area contributed by atoms with E-state index in [1.54, 1.807) is 0 Å². The lowest BCUT2D eigenvalue weighted by Crippen LogP contribution is -2.17. The third-order valence-corrected chi connectivity index (χ3v) is 3.82. The van der Waals surface area contributed by atoms with Gasteiger partial charge in [0, 0.05) is 21.7 Å². The van der Waals surface area contributed by atoms with Crippen molar-refractivity contribution >= 4 is 23.2 Å². The van der Waals surface area contributed by atoms with Crippen LogP contribution in [0.2, 0.25) is 10.0 Å². The van der Waals surface area contributed by atoms with Crippen molar-refractivity contribution in [1.82, 2.24) is 5.32 Å². The first-order valence-corrected chi connectivity index (χ1v) is 7.16. The van der Waals surface area contributed by atoms with E-state index in [4.69, 9.17) is 23.2 Å². The van der Waals surface area contributed by atoms with Crippen LogP contribution in [0.15, 0.2) is 42.5 Å². The van der Waals surface area contributed by atoms with E-state index < -0.39 is 0 Å². The van der Waals surface area contributed by atoms with Crippen LogP contribution in [-0.2, 0) is 0 Å². The van der Waals surface area contributed by atoms with Gasteiger partial charge in [-0.15, -0.1) is 0 Å². The molecule has 0 bridgehead atoms. The molecule has 0 aliphatic heterocycles. The van der Waals surface area contributed by atoms with Gasteiger partial charge in [-0.05, 0) is 36.7 Å². The molecule has 2 aromatic carbocycles. The summed E-state index contributed by atoms with van der Waals surface area (Å²) < 4.78 is 0. The van der Waals surface area contributed by atoms with Gasteiger partial charge < -0.3 is 5.32 Å². The summed E-state index contributed by atoms with van der Waals surface area (Å²) in [5.41, 5.74) is 3.16. The standard InChI is InChI=1S/C16H17Cl2N/c1-3-19-11(2)13-9-8-12(10-16(13)18)14-6-4-5-7-15(14)17/h4-11,19H,3H2,1-2H3. The summed E-state index contributed by atoms with van der Waals surface area (Å²) in [6, 6.07) is 14.1. The van der Waals surface area contributed by atoms with E-state index in [1.807, 2.05) is 30.3 Å². The molecule has 0 spiro atoms. The lowest BCUT2D eigenvalue weighted by atomic mass is 10.0. The summed E-state index contributed by atoms with van der Waals surface area (Å²) >= 11 is 12.6. The SMILES string of the molecule is CCNC(C)c1ccc(-c2ccccc2Cl)cc1Cl. The van der Waals surface area contributed by atoms with E-state index in [0.29, 0.717) is 0 Å². The number of halogens is 2. The maximum absolute atomic E-state index is 6.38. The minimum atomic E-state index is 0.248. The van der Waals surface area contributed by atoms with Gasteiger partial charge in [-0.25, -0.2) is 0 Å². The number of rotatable bonds is 4.